The number of aliphatic hydroxyl groups excluding tert-OH is 1. The molecule has 350 valence electrons. The predicted octanol–water partition coefficient (Wildman–Crippen LogP) is 6.95. The van der Waals surface area contributed by atoms with Crippen molar-refractivity contribution >= 4 is 58.0 Å². The Morgan fingerprint density at radius 2 is 1.80 bits per heavy atom. The summed E-state index contributed by atoms with van der Waals surface area (Å²) in [6.07, 6.45) is -3.03. The number of Topliss-reactive ketones (excluding diaryl/α,β-unsaturated/α-hetero) is 1. The number of nitrogens with zero attached hydrogens (tertiary/aromatic N) is 5. The smallest absolute Gasteiger partial charge is 0.410 e. The number of carbonyl (C=O) groups is 4. The molecule has 0 aliphatic carbocycles. The van der Waals surface area contributed by atoms with Crippen LogP contribution >= 0.6 is 22.9 Å². The van der Waals surface area contributed by atoms with Gasteiger partial charge in [0.2, 0.25) is 0 Å². The van der Waals surface area contributed by atoms with Gasteiger partial charge in [0.25, 0.3) is 5.91 Å². The van der Waals surface area contributed by atoms with E-state index < -0.39 is 71.3 Å². The lowest BCUT2D eigenvalue weighted by Gasteiger charge is -2.47. The number of rotatable bonds is 8. The molecule has 4 aliphatic heterocycles. The van der Waals surface area contributed by atoms with E-state index in [0.29, 0.717) is 47.8 Å². The number of hydrogen-bond acceptors (Lipinski definition) is 15. The minimum Gasteiger partial charge on any atom is -0.458 e. The molecule has 0 unspecified atom stereocenters. The van der Waals surface area contributed by atoms with Crippen LogP contribution in [0.3, 0.4) is 0 Å². The summed E-state index contributed by atoms with van der Waals surface area (Å²) < 4.78 is 29.6. The fourth-order valence-electron chi connectivity index (χ4n) is 10.5. The lowest BCUT2D eigenvalue weighted by Crippen LogP contribution is -2.58. The van der Waals surface area contributed by atoms with Crippen molar-refractivity contribution in [1.82, 2.24) is 19.4 Å². The lowest BCUT2D eigenvalue weighted by molar-refractivity contribution is -0.286. The van der Waals surface area contributed by atoms with Crippen molar-refractivity contribution < 1.29 is 43.2 Å². The maximum Gasteiger partial charge on any atom is 0.410 e. The van der Waals surface area contributed by atoms with Gasteiger partial charge in [-0.1, -0.05) is 63.1 Å². The molecule has 0 spiro atoms. The maximum atomic E-state index is 14.7. The topological polar surface area (TPSA) is 182 Å². The normalized spacial score (nSPS) is 34.4. The third-order valence-corrected chi connectivity index (χ3v) is 15.3. The Hall–Kier alpha value is -4.57. The number of aliphatic hydroxyl groups is 1. The molecule has 3 fully saturated rings. The van der Waals surface area contributed by atoms with Crippen LogP contribution in [0.2, 0.25) is 0 Å². The van der Waals surface area contributed by atoms with Gasteiger partial charge in [0, 0.05) is 58.6 Å². The zero-order chi connectivity index (χ0) is 47.0. The molecule has 1 aromatic carbocycles. The van der Waals surface area contributed by atoms with E-state index in [0.717, 1.165) is 17.0 Å². The number of likely N-dealkylation sites (N-methyl/N-ethyl adjacent to an activating group) is 1. The summed E-state index contributed by atoms with van der Waals surface area (Å²) in [6, 6.07) is 10.2. The van der Waals surface area contributed by atoms with Crippen LogP contribution in [0.1, 0.15) is 95.6 Å². The van der Waals surface area contributed by atoms with Gasteiger partial charge >= 0.3 is 12.1 Å². The third kappa shape index (κ3) is 9.94. The first-order chi connectivity index (χ1) is 30.8. The van der Waals surface area contributed by atoms with Crippen LogP contribution in [0.5, 0.6) is 0 Å². The maximum absolute atomic E-state index is 14.7. The Morgan fingerprint density at radius 1 is 1.06 bits per heavy atom. The second kappa shape index (κ2) is 19.7. The molecule has 0 radical (unpaired) electrons. The van der Waals surface area contributed by atoms with Crippen molar-refractivity contribution in [2.45, 2.75) is 129 Å². The number of ketones is 1. The van der Waals surface area contributed by atoms with E-state index in [4.69, 9.17) is 23.9 Å². The highest BCUT2D eigenvalue weighted by Crippen LogP contribution is 2.46. The number of esters is 1. The molecule has 2 aromatic heterocycles. The number of fused-ring (bicyclic) bond motifs is 1. The Kier molecular flexibility index (Phi) is 14.7. The standard InChI is InChI=1S/C48H62N6O9S2/c1-11-37-48(8)41-28(4)38(49-21-22-54(41)46(59)63-48)26(2)24-47(7,42(29(5)39(55)30(6)44(58)61-37)62-45-40(56)35(53(9)10)23-27(3)60-45)20-12-13-33-18-19-36(65-33)43(57)50-32-16-14-31(15-17-32)34-25-64-52-51-34/h14-19,25-30,35,37,40-42,45,56H,11,20-24H2,1-10H3,(H,50,57)/t26-,27-,28+,29+,30-,35+,37-,40-,41-,42-,45+,47+,48-/m1/s1. The number of amides is 2. The first-order valence-corrected chi connectivity index (χ1v) is 24.2. The van der Waals surface area contributed by atoms with Crippen molar-refractivity contribution in [3.8, 4) is 23.1 Å². The highest BCUT2D eigenvalue weighted by Gasteiger charge is 2.60. The van der Waals surface area contributed by atoms with Crippen molar-refractivity contribution in [1.29, 1.82) is 0 Å². The van der Waals surface area contributed by atoms with Crippen LogP contribution in [-0.2, 0) is 28.5 Å². The van der Waals surface area contributed by atoms with Crippen LogP contribution in [0.25, 0.3) is 11.3 Å². The van der Waals surface area contributed by atoms with Gasteiger partial charge in [0.15, 0.2) is 17.7 Å². The SMILES string of the molecule is CC[C@H]1OC(=O)[C@H](C)C(=O)[C@H](C)[C@@H](O[C@@H]2O[C@H](C)C[C@H](N(C)C)[C@H]2O)[C@@](C)(CC#Cc2ccc(C(=O)Nc3ccc(-c4csnn4)cc3)s2)C[C@@H](C)C2=NCCN3C(=O)O[C@@]1(C)[C@H]3[C@H]2C. The lowest BCUT2D eigenvalue weighted by atomic mass is 9.66. The molecule has 0 saturated carbocycles. The molecule has 6 heterocycles. The highest BCUT2D eigenvalue weighted by molar-refractivity contribution is 7.14. The number of carbonyl (C=O) groups excluding carboxylic acids is 4. The van der Waals surface area contributed by atoms with Crippen LogP contribution in [0.4, 0.5) is 10.5 Å². The Labute approximate surface area is 389 Å². The molecular weight excluding hydrogens is 869 g/mol. The Bertz CT molecular complexity index is 2310. The molecule has 2 bridgehead atoms. The van der Waals surface area contributed by atoms with Gasteiger partial charge in [-0.05, 0) is 95.8 Å². The number of nitrogens with one attached hydrogen (secondary N) is 1. The zero-order valence-electron chi connectivity index (χ0n) is 38.9. The summed E-state index contributed by atoms with van der Waals surface area (Å²) in [7, 11) is 3.80. The highest BCUT2D eigenvalue weighted by atomic mass is 32.1. The number of ether oxygens (including phenoxy) is 4. The summed E-state index contributed by atoms with van der Waals surface area (Å²) in [5.74, 6) is 2.71. The third-order valence-electron chi connectivity index (χ3n) is 13.8. The van der Waals surface area contributed by atoms with E-state index in [1.54, 1.807) is 24.8 Å². The van der Waals surface area contributed by atoms with Crippen LogP contribution < -0.4 is 5.32 Å². The molecule has 13 atom stereocenters. The minimum atomic E-state index is -1.21. The van der Waals surface area contributed by atoms with Gasteiger partial charge in [-0.25, -0.2) is 4.79 Å². The quantitative estimate of drug-likeness (QED) is 0.135. The van der Waals surface area contributed by atoms with Crippen LogP contribution in [0.15, 0.2) is 46.8 Å². The summed E-state index contributed by atoms with van der Waals surface area (Å²) in [5, 5.41) is 20.7. The summed E-state index contributed by atoms with van der Waals surface area (Å²) >= 11 is 2.54. The largest absolute Gasteiger partial charge is 0.458 e. The van der Waals surface area contributed by atoms with Crippen LogP contribution in [-0.4, -0.2) is 130 Å². The Morgan fingerprint density at radius 3 is 2.48 bits per heavy atom. The van der Waals surface area contributed by atoms with E-state index in [1.807, 2.05) is 89.3 Å². The number of hydrogen-bond donors (Lipinski definition) is 2. The summed E-state index contributed by atoms with van der Waals surface area (Å²) in [4.78, 5) is 65.7. The van der Waals surface area contributed by atoms with E-state index in [2.05, 4.69) is 33.7 Å². The molecule has 2 amide bonds. The second-order valence-corrected chi connectivity index (χ2v) is 20.6. The fourth-order valence-corrected chi connectivity index (χ4v) is 11.8. The fraction of sp³-hybridized carbons (Fsp3) is 0.604. The number of aliphatic imine (C=N–C) groups is 1. The number of aromatic nitrogens is 2. The first-order valence-electron chi connectivity index (χ1n) is 22.6. The first kappa shape index (κ1) is 48.4. The average molecular weight is 931 g/mol. The van der Waals surface area contributed by atoms with E-state index >= 15 is 0 Å². The Balaban J connectivity index is 1.24. The molecule has 3 saturated heterocycles. The van der Waals surface area contributed by atoms with Gasteiger partial charge in [-0.2, -0.15) is 0 Å². The predicted molar refractivity (Wildman–Crippen MR) is 249 cm³/mol. The van der Waals surface area contributed by atoms with E-state index in [1.165, 1.54) is 22.9 Å². The molecule has 15 nitrogen and oxygen atoms in total. The van der Waals surface area contributed by atoms with Crippen LogP contribution in [0, 0.1) is 40.9 Å². The van der Waals surface area contributed by atoms with Crippen molar-refractivity contribution in [3.05, 3.63) is 51.5 Å². The van der Waals surface area contributed by atoms with Crippen molar-refractivity contribution in [3.63, 3.8) is 0 Å². The van der Waals surface area contributed by atoms with Gasteiger partial charge in [0.05, 0.1) is 34.5 Å². The summed E-state index contributed by atoms with van der Waals surface area (Å²) in [6.45, 7) is 15.8. The molecule has 65 heavy (non-hydrogen) atoms. The molecule has 17 heteroatoms. The second-order valence-electron chi connectivity index (χ2n) is 18.9. The van der Waals surface area contributed by atoms with E-state index in [-0.39, 0.29) is 36.3 Å². The minimum absolute atomic E-state index is 0.206. The molecular formula is C48H62N6O9S2. The number of thiophene rings is 1. The molecule has 2 N–H and O–H groups in total. The van der Waals surface area contributed by atoms with Crippen molar-refractivity contribution in [2.24, 2.45) is 34.1 Å². The number of benzene rings is 1. The van der Waals surface area contributed by atoms with Crippen molar-refractivity contribution in [2.75, 3.05) is 32.5 Å². The van der Waals surface area contributed by atoms with Gasteiger partial charge in [-0.3, -0.25) is 24.3 Å². The monoisotopic (exact) mass is 930 g/mol. The number of cyclic esters (lactones) is 1. The van der Waals surface area contributed by atoms with Gasteiger partial charge < -0.3 is 34.3 Å². The number of anilines is 1. The van der Waals surface area contributed by atoms with Gasteiger partial charge in [0.1, 0.15) is 23.8 Å². The molecule has 4 aliphatic rings. The molecule has 7 rings (SSSR count). The average Bonchev–Trinajstić information content (AvgIpc) is 4.01. The summed E-state index contributed by atoms with van der Waals surface area (Å²) in [5.41, 5.74) is 1.05. The van der Waals surface area contributed by atoms with E-state index in [9.17, 15) is 24.3 Å². The zero-order valence-corrected chi connectivity index (χ0v) is 40.5. The van der Waals surface area contributed by atoms with Gasteiger partial charge in [-0.15, -0.1) is 16.4 Å². The molecule has 3 aromatic rings.